The maximum atomic E-state index is 13.7. The molecule has 1 aliphatic rings. The molecule has 0 saturated heterocycles. The third-order valence-electron chi connectivity index (χ3n) is 5.73. The molecule has 4 nitrogen and oxygen atoms in total. The molecule has 5 rings (SSSR count). The highest BCUT2D eigenvalue weighted by molar-refractivity contribution is 7.98. The number of anilines is 1. The van der Waals surface area contributed by atoms with Gasteiger partial charge >= 0.3 is 0 Å². The van der Waals surface area contributed by atoms with Gasteiger partial charge in [-0.25, -0.2) is 4.98 Å². The van der Waals surface area contributed by atoms with Crippen LogP contribution in [0.1, 0.15) is 39.9 Å². The zero-order valence-electron chi connectivity index (χ0n) is 17.4. The first kappa shape index (κ1) is 20.2. The molecule has 0 fully saturated rings. The molecule has 31 heavy (non-hydrogen) atoms. The number of rotatable bonds is 5. The van der Waals surface area contributed by atoms with Crippen LogP contribution in [0.5, 0.6) is 0 Å². The number of carbonyl (C=O) groups excluding carboxylic acids is 1. The summed E-state index contributed by atoms with van der Waals surface area (Å²) in [7, 11) is 0. The number of para-hydroxylation sites is 1. The molecular weight excluding hydrogens is 422 g/mol. The number of fused-ring (bicyclic) bond motifs is 2. The Kier molecular flexibility index (Phi) is 5.74. The Hall–Kier alpha value is -2.70. The predicted octanol–water partition coefficient (Wildman–Crippen LogP) is 6.14. The zero-order valence-corrected chi connectivity index (χ0v) is 19.0. The fourth-order valence-corrected chi connectivity index (χ4v) is 5.73. The van der Waals surface area contributed by atoms with Gasteiger partial charge in [0.2, 0.25) is 0 Å². The van der Waals surface area contributed by atoms with E-state index in [0.717, 1.165) is 44.2 Å². The Balaban J connectivity index is 1.56. The minimum Gasteiger partial charge on any atom is -0.279 e. The molecule has 0 aliphatic heterocycles. The highest BCUT2D eigenvalue weighted by atomic mass is 32.2. The molecule has 0 saturated carbocycles. The van der Waals surface area contributed by atoms with E-state index < -0.39 is 0 Å². The van der Waals surface area contributed by atoms with Gasteiger partial charge in [0, 0.05) is 22.9 Å². The molecule has 0 N–H and O–H groups in total. The molecule has 2 aromatic carbocycles. The topological polar surface area (TPSA) is 46.1 Å². The summed E-state index contributed by atoms with van der Waals surface area (Å²) in [6.45, 7) is 0.443. The smallest absolute Gasteiger partial charge is 0.260 e. The second kappa shape index (κ2) is 8.81. The molecule has 2 aromatic heterocycles. The van der Waals surface area contributed by atoms with E-state index in [1.54, 1.807) is 34.2 Å². The van der Waals surface area contributed by atoms with Crippen molar-refractivity contribution in [3.05, 3.63) is 83.2 Å². The van der Waals surface area contributed by atoms with Crippen molar-refractivity contribution in [3.8, 4) is 0 Å². The van der Waals surface area contributed by atoms with E-state index in [9.17, 15) is 4.79 Å². The Morgan fingerprint density at radius 1 is 1.10 bits per heavy atom. The van der Waals surface area contributed by atoms with Crippen molar-refractivity contribution in [2.45, 2.75) is 37.1 Å². The van der Waals surface area contributed by atoms with Gasteiger partial charge in [-0.05, 0) is 79.0 Å². The summed E-state index contributed by atoms with van der Waals surface area (Å²) < 4.78 is 1.09. The van der Waals surface area contributed by atoms with Crippen LogP contribution in [0.3, 0.4) is 0 Å². The van der Waals surface area contributed by atoms with E-state index in [4.69, 9.17) is 4.98 Å². The van der Waals surface area contributed by atoms with Crippen molar-refractivity contribution in [1.82, 2.24) is 9.97 Å². The van der Waals surface area contributed by atoms with Crippen LogP contribution in [0.2, 0.25) is 0 Å². The number of amides is 1. The Morgan fingerprint density at radius 2 is 1.97 bits per heavy atom. The highest BCUT2D eigenvalue weighted by Gasteiger charge is 2.23. The van der Waals surface area contributed by atoms with E-state index >= 15 is 0 Å². The quantitative estimate of drug-likeness (QED) is 0.346. The third-order valence-corrected chi connectivity index (χ3v) is 7.54. The molecule has 2 heterocycles. The van der Waals surface area contributed by atoms with Crippen LogP contribution < -0.4 is 4.90 Å². The first-order valence-corrected chi connectivity index (χ1v) is 12.5. The van der Waals surface area contributed by atoms with E-state index in [-0.39, 0.29) is 5.91 Å². The molecule has 0 atom stereocenters. The van der Waals surface area contributed by atoms with E-state index in [1.165, 1.54) is 24.0 Å². The average molecular weight is 446 g/mol. The monoisotopic (exact) mass is 445 g/mol. The first-order valence-electron chi connectivity index (χ1n) is 10.5. The predicted molar refractivity (Wildman–Crippen MR) is 129 cm³/mol. The van der Waals surface area contributed by atoms with Gasteiger partial charge in [-0.2, -0.15) is 0 Å². The van der Waals surface area contributed by atoms with Gasteiger partial charge in [0.05, 0.1) is 16.8 Å². The molecule has 0 unspecified atom stereocenters. The van der Waals surface area contributed by atoms with E-state index in [0.29, 0.717) is 6.54 Å². The summed E-state index contributed by atoms with van der Waals surface area (Å²) in [6.07, 6.45) is 10.2. The third kappa shape index (κ3) is 4.10. The highest BCUT2D eigenvalue weighted by Crippen LogP contribution is 2.35. The summed E-state index contributed by atoms with van der Waals surface area (Å²) in [5.74, 6) is -0.0121. The lowest BCUT2D eigenvalue weighted by Crippen LogP contribution is -2.30. The van der Waals surface area contributed by atoms with Gasteiger partial charge < -0.3 is 0 Å². The van der Waals surface area contributed by atoms with Crippen LogP contribution in [-0.2, 0) is 19.4 Å². The van der Waals surface area contributed by atoms with Crippen molar-refractivity contribution < 1.29 is 4.79 Å². The number of benzene rings is 2. The summed E-state index contributed by atoms with van der Waals surface area (Å²) >= 11 is 3.24. The fourth-order valence-electron chi connectivity index (χ4n) is 4.11. The van der Waals surface area contributed by atoms with Crippen LogP contribution in [-0.4, -0.2) is 22.1 Å². The van der Waals surface area contributed by atoms with Crippen molar-refractivity contribution in [3.63, 3.8) is 0 Å². The number of hydrogen-bond donors (Lipinski definition) is 0. The lowest BCUT2D eigenvalue weighted by Gasteiger charge is -2.22. The van der Waals surface area contributed by atoms with Crippen LogP contribution >= 0.6 is 23.1 Å². The van der Waals surface area contributed by atoms with Crippen molar-refractivity contribution >= 4 is 44.4 Å². The number of aryl methyl sites for hydroxylation is 2. The largest absolute Gasteiger partial charge is 0.279 e. The van der Waals surface area contributed by atoms with Crippen LogP contribution in [0, 0.1) is 0 Å². The molecular formula is C25H23N3OS2. The molecule has 4 aromatic rings. The molecule has 156 valence electrons. The molecule has 6 heteroatoms. The number of pyridine rings is 1. The fraction of sp³-hybridized carbons (Fsp3) is 0.240. The molecule has 0 spiro atoms. The standard InChI is InChI=1S/C25H23N3OS2/c1-30-21-9-4-10-22-23(21)27-25(31-22)28(16-17-6-5-13-26-15-17)24(29)20-12-11-18-7-2-3-8-19(18)14-20/h4-6,9-15H,2-3,7-8,16H2,1H3. The Morgan fingerprint density at radius 3 is 2.77 bits per heavy atom. The maximum absolute atomic E-state index is 13.7. The van der Waals surface area contributed by atoms with Gasteiger partial charge in [0.1, 0.15) is 0 Å². The summed E-state index contributed by atoms with van der Waals surface area (Å²) in [5, 5.41) is 0.725. The summed E-state index contributed by atoms with van der Waals surface area (Å²) in [4.78, 5) is 25.8. The second-order valence-corrected chi connectivity index (χ2v) is 9.60. The number of thiazole rings is 1. The van der Waals surface area contributed by atoms with Crippen LogP contribution in [0.25, 0.3) is 10.2 Å². The molecule has 1 amide bonds. The number of thioether (sulfide) groups is 1. The number of nitrogens with zero attached hydrogens (tertiary/aromatic N) is 3. The van der Waals surface area contributed by atoms with Gasteiger partial charge in [0.15, 0.2) is 5.13 Å². The number of hydrogen-bond acceptors (Lipinski definition) is 5. The number of aromatic nitrogens is 2. The van der Waals surface area contributed by atoms with Crippen LogP contribution in [0.15, 0.2) is 65.8 Å². The molecule has 0 radical (unpaired) electrons. The van der Waals surface area contributed by atoms with Gasteiger partial charge in [-0.3, -0.25) is 14.7 Å². The van der Waals surface area contributed by atoms with E-state index in [1.807, 2.05) is 30.5 Å². The maximum Gasteiger partial charge on any atom is 0.260 e. The van der Waals surface area contributed by atoms with Crippen molar-refractivity contribution in [2.24, 2.45) is 0 Å². The Bertz CT molecular complexity index is 1240. The van der Waals surface area contributed by atoms with Crippen LogP contribution in [0.4, 0.5) is 5.13 Å². The average Bonchev–Trinajstić information content (AvgIpc) is 3.26. The van der Waals surface area contributed by atoms with Crippen molar-refractivity contribution in [1.29, 1.82) is 0 Å². The van der Waals surface area contributed by atoms with Crippen molar-refractivity contribution in [2.75, 3.05) is 11.2 Å². The van der Waals surface area contributed by atoms with Gasteiger partial charge in [-0.1, -0.05) is 29.5 Å². The lowest BCUT2D eigenvalue weighted by molar-refractivity contribution is 0.0985. The van der Waals surface area contributed by atoms with Gasteiger partial charge in [-0.15, -0.1) is 11.8 Å². The summed E-state index contributed by atoms with van der Waals surface area (Å²) in [5.41, 5.74) is 5.37. The normalized spacial score (nSPS) is 13.2. The summed E-state index contributed by atoms with van der Waals surface area (Å²) in [6, 6.07) is 16.3. The lowest BCUT2D eigenvalue weighted by atomic mass is 9.90. The van der Waals surface area contributed by atoms with Gasteiger partial charge in [0.25, 0.3) is 5.91 Å². The first-order chi connectivity index (χ1) is 15.2. The Labute approximate surface area is 190 Å². The minimum absolute atomic E-state index is 0.0121. The molecule has 0 bridgehead atoms. The number of carbonyl (C=O) groups is 1. The zero-order chi connectivity index (χ0) is 21.2. The van der Waals surface area contributed by atoms with E-state index in [2.05, 4.69) is 35.5 Å². The SMILES string of the molecule is CSc1cccc2sc(N(Cc3cccnc3)C(=O)c3ccc4c(c3)CCCC4)nc12. The second-order valence-electron chi connectivity index (χ2n) is 7.75. The molecule has 1 aliphatic carbocycles. The minimum atomic E-state index is -0.0121.